The molecule has 31 heavy (non-hydrogen) atoms. The van der Waals surface area contributed by atoms with Gasteiger partial charge in [0.1, 0.15) is 19.0 Å². The number of hydrogen-bond acceptors (Lipinski definition) is 5. The smallest absolute Gasteiger partial charge is 0.251 e. The topological polar surface area (TPSA) is 79.5 Å². The molecule has 0 spiro atoms. The normalized spacial score (nSPS) is 23.6. The Morgan fingerprint density at radius 1 is 1.06 bits per heavy atom. The number of rotatable bonds is 4. The van der Waals surface area contributed by atoms with Gasteiger partial charge in [-0.3, -0.25) is 9.69 Å². The number of likely N-dealkylation sites (tertiary alicyclic amines) is 1. The molecular formula is C24H26N4O3. The van der Waals surface area contributed by atoms with Crippen molar-refractivity contribution < 1.29 is 14.3 Å². The monoisotopic (exact) mass is 418 g/mol. The van der Waals surface area contributed by atoms with Crippen LogP contribution in [0.3, 0.4) is 0 Å². The van der Waals surface area contributed by atoms with Gasteiger partial charge in [0.05, 0.1) is 17.1 Å². The van der Waals surface area contributed by atoms with Gasteiger partial charge in [0.25, 0.3) is 5.91 Å². The number of nitrogens with one attached hydrogen (secondary N) is 2. The van der Waals surface area contributed by atoms with Crippen LogP contribution in [-0.4, -0.2) is 52.6 Å². The molecule has 0 bridgehead atoms. The predicted molar refractivity (Wildman–Crippen MR) is 116 cm³/mol. The van der Waals surface area contributed by atoms with E-state index >= 15 is 0 Å². The molecule has 2 fully saturated rings. The van der Waals surface area contributed by atoms with E-state index < -0.39 is 0 Å². The highest BCUT2D eigenvalue weighted by atomic mass is 16.6. The number of nitrogens with zero attached hydrogens (tertiary/aromatic N) is 2. The number of benzene rings is 2. The SMILES string of the molecule is O=C(NC1CCN(C2CC2)C(c2nc3ccccc3[nH]2)C1)c1ccc2c(c1)OCCO2. The fraction of sp³-hybridized carbons (Fsp3) is 0.417. The molecule has 3 heterocycles. The number of aromatic nitrogens is 2. The van der Waals surface area contributed by atoms with E-state index in [9.17, 15) is 4.79 Å². The summed E-state index contributed by atoms with van der Waals surface area (Å²) in [5.41, 5.74) is 2.67. The van der Waals surface area contributed by atoms with Crippen molar-refractivity contribution >= 4 is 16.9 Å². The Morgan fingerprint density at radius 3 is 2.74 bits per heavy atom. The van der Waals surface area contributed by atoms with Gasteiger partial charge < -0.3 is 19.8 Å². The van der Waals surface area contributed by atoms with Crippen molar-refractivity contribution in [1.29, 1.82) is 0 Å². The summed E-state index contributed by atoms with van der Waals surface area (Å²) in [6.45, 7) is 2.02. The van der Waals surface area contributed by atoms with Gasteiger partial charge in [-0.15, -0.1) is 0 Å². The van der Waals surface area contributed by atoms with Crippen LogP contribution in [-0.2, 0) is 0 Å². The second-order valence-electron chi connectivity index (χ2n) is 8.68. The second kappa shape index (κ2) is 7.57. The van der Waals surface area contributed by atoms with Crippen LogP contribution >= 0.6 is 0 Å². The lowest BCUT2D eigenvalue weighted by atomic mass is 9.95. The summed E-state index contributed by atoms with van der Waals surface area (Å²) < 4.78 is 11.2. The van der Waals surface area contributed by atoms with Gasteiger partial charge in [-0.2, -0.15) is 0 Å². The Bertz CT molecular complexity index is 1090. The Kier molecular flexibility index (Phi) is 4.56. The molecule has 2 aromatic carbocycles. The van der Waals surface area contributed by atoms with E-state index in [1.165, 1.54) is 12.8 Å². The minimum absolute atomic E-state index is 0.0646. The molecular weight excluding hydrogens is 392 g/mol. The number of carbonyl (C=O) groups excluding carboxylic acids is 1. The first-order chi connectivity index (χ1) is 15.2. The minimum Gasteiger partial charge on any atom is -0.486 e. The fourth-order valence-corrected chi connectivity index (χ4v) is 4.81. The van der Waals surface area contributed by atoms with Crippen molar-refractivity contribution in [3.63, 3.8) is 0 Å². The maximum absolute atomic E-state index is 13.0. The number of aromatic amines is 1. The lowest BCUT2D eigenvalue weighted by Gasteiger charge is -2.39. The second-order valence-corrected chi connectivity index (χ2v) is 8.68. The van der Waals surface area contributed by atoms with Crippen LogP contribution in [0.4, 0.5) is 0 Å². The molecule has 3 aliphatic rings. The number of ether oxygens (including phenoxy) is 2. The quantitative estimate of drug-likeness (QED) is 0.679. The number of H-pyrrole nitrogens is 1. The molecule has 1 aromatic heterocycles. The summed E-state index contributed by atoms with van der Waals surface area (Å²) in [6.07, 6.45) is 4.31. The third-order valence-electron chi connectivity index (χ3n) is 6.52. The summed E-state index contributed by atoms with van der Waals surface area (Å²) in [5.74, 6) is 2.28. The molecule has 1 amide bonds. The molecule has 2 N–H and O–H groups in total. The molecule has 1 saturated heterocycles. The summed E-state index contributed by atoms with van der Waals surface area (Å²) in [5, 5.41) is 3.25. The van der Waals surface area contributed by atoms with Crippen molar-refractivity contribution in [1.82, 2.24) is 20.2 Å². The van der Waals surface area contributed by atoms with Crippen LogP contribution in [0.1, 0.15) is 47.9 Å². The average molecular weight is 418 g/mol. The van der Waals surface area contributed by atoms with E-state index in [1.54, 1.807) is 12.1 Å². The molecule has 1 aliphatic carbocycles. The van der Waals surface area contributed by atoms with Crippen LogP contribution in [0.15, 0.2) is 42.5 Å². The number of para-hydroxylation sites is 2. The Morgan fingerprint density at radius 2 is 1.90 bits per heavy atom. The Hall–Kier alpha value is -3.06. The largest absolute Gasteiger partial charge is 0.486 e. The number of hydrogen-bond donors (Lipinski definition) is 2. The standard InChI is InChI=1S/C24H26N4O3/c29-24(15-5-8-21-22(13-15)31-12-11-30-21)25-16-9-10-28(17-6-7-17)20(14-16)23-26-18-3-1-2-4-19(18)27-23/h1-5,8,13,16-17,20H,6-7,9-12,14H2,(H,25,29)(H,26,27). The number of carbonyl (C=O) groups is 1. The van der Waals surface area contributed by atoms with Crippen LogP contribution in [0.25, 0.3) is 11.0 Å². The number of piperidine rings is 1. The molecule has 160 valence electrons. The predicted octanol–water partition coefficient (Wildman–Crippen LogP) is 3.43. The first kappa shape index (κ1) is 18.7. The van der Waals surface area contributed by atoms with Gasteiger partial charge in [-0.1, -0.05) is 12.1 Å². The van der Waals surface area contributed by atoms with Crippen molar-refractivity contribution in [2.45, 2.75) is 43.8 Å². The highest BCUT2D eigenvalue weighted by Gasteiger charge is 2.40. The molecule has 7 heteroatoms. The number of amides is 1. The van der Waals surface area contributed by atoms with Gasteiger partial charge in [-0.25, -0.2) is 4.98 Å². The van der Waals surface area contributed by atoms with Crippen LogP contribution in [0.5, 0.6) is 11.5 Å². The van der Waals surface area contributed by atoms with E-state index in [-0.39, 0.29) is 18.0 Å². The third-order valence-corrected chi connectivity index (χ3v) is 6.52. The van der Waals surface area contributed by atoms with Crippen LogP contribution in [0, 0.1) is 0 Å². The molecule has 0 radical (unpaired) electrons. The zero-order valence-corrected chi connectivity index (χ0v) is 17.3. The third kappa shape index (κ3) is 3.63. The van der Waals surface area contributed by atoms with Crippen molar-refractivity contribution in [2.75, 3.05) is 19.8 Å². The van der Waals surface area contributed by atoms with Gasteiger partial charge in [0, 0.05) is 24.2 Å². The molecule has 1 saturated carbocycles. The maximum atomic E-state index is 13.0. The first-order valence-corrected chi connectivity index (χ1v) is 11.2. The van der Waals surface area contributed by atoms with Gasteiger partial charge in [0.15, 0.2) is 11.5 Å². The Balaban J connectivity index is 1.21. The molecule has 2 unspecified atom stereocenters. The van der Waals surface area contributed by atoms with E-state index in [1.807, 2.05) is 24.3 Å². The highest BCUT2D eigenvalue weighted by Crippen LogP contribution is 2.39. The number of imidazole rings is 1. The fourth-order valence-electron chi connectivity index (χ4n) is 4.81. The zero-order valence-electron chi connectivity index (χ0n) is 17.3. The summed E-state index contributed by atoms with van der Waals surface area (Å²) in [7, 11) is 0. The van der Waals surface area contributed by atoms with E-state index in [2.05, 4.69) is 21.3 Å². The van der Waals surface area contributed by atoms with Crippen molar-refractivity contribution in [2.24, 2.45) is 0 Å². The Labute approximate surface area is 180 Å². The lowest BCUT2D eigenvalue weighted by molar-refractivity contribution is 0.0833. The molecule has 3 aromatic rings. The summed E-state index contributed by atoms with van der Waals surface area (Å²) in [6, 6.07) is 14.5. The van der Waals surface area contributed by atoms with Gasteiger partial charge in [-0.05, 0) is 56.0 Å². The molecule has 2 atom stereocenters. The van der Waals surface area contributed by atoms with Crippen LogP contribution < -0.4 is 14.8 Å². The first-order valence-electron chi connectivity index (χ1n) is 11.2. The minimum atomic E-state index is -0.0646. The zero-order chi connectivity index (χ0) is 20.8. The van der Waals surface area contributed by atoms with E-state index in [4.69, 9.17) is 14.5 Å². The van der Waals surface area contributed by atoms with Gasteiger partial charge >= 0.3 is 0 Å². The van der Waals surface area contributed by atoms with Crippen molar-refractivity contribution in [3.8, 4) is 11.5 Å². The number of fused-ring (bicyclic) bond motifs is 2. The van der Waals surface area contributed by atoms with E-state index in [0.717, 1.165) is 36.2 Å². The average Bonchev–Trinajstić information content (AvgIpc) is 3.56. The molecule has 7 nitrogen and oxygen atoms in total. The molecule has 2 aliphatic heterocycles. The molecule has 6 rings (SSSR count). The van der Waals surface area contributed by atoms with Gasteiger partial charge in [0.2, 0.25) is 0 Å². The van der Waals surface area contributed by atoms with E-state index in [0.29, 0.717) is 36.3 Å². The van der Waals surface area contributed by atoms with Crippen LogP contribution in [0.2, 0.25) is 0 Å². The lowest BCUT2D eigenvalue weighted by Crippen LogP contribution is -2.47. The highest BCUT2D eigenvalue weighted by molar-refractivity contribution is 5.95. The van der Waals surface area contributed by atoms with Crippen molar-refractivity contribution in [3.05, 3.63) is 53.9 Å². The summed E-state index contributed by atoms with van der Waals surface area (Å²) >= 11 is 0. The summed E-state index contributed by atoms with van der Waals surface area (Å²) in [4.78, 5) is 23.9. The maximum Gasteiger partial charge on any atom is 0.251 e.